The summed E-state index contributed by atoms with van der Waals surface area (Å²) in [6.07, 6.45) is 2.03. The van der Waals surface area contributed by atoms with Gasteiger partial charge in [0.2, 0.25) is 0 Å². The largest absolute Gasteiger partial charge is 0.448 e. The molecule has 1 aromatic rings. The van der Waals surface area contributed by atoms with Crippen molar-refractivity contribution >= 4 is 9.84 Å². The molecule has 0 amide bonds. The predicted octanol–water partition coefficient (Wildman–Crippen LogP) is 0.296. The molecule has 1 aliphatic rings. The highest BCUT2D eigenvalue weighted by molar-refractivity contribution is 7.91. The van der Waals surface area contributed by atoms with Crippen molar-refractivity contribution < 1.29 is 12.8 Å². The van der Waals surface area contributed by atoms with Crippen LogP contribution >= 0.6 is 0 Å². The zero-order valence-electron chi connectivity index (χ0n) is 8.56. The minimum atomic E-state index is -2.86. The molecule has 6 heteroatoms. The molecule has 0 aromatic carbocycles. The number of nitrogens with zero attached hydrogens (tertiary/aromatic N) is 1. The van der Waals surface area contributed by atoms with Gasteiger partial charge in [0.15, 0.2) is 16.2 Å². The molecule has 15 heavy (non-hydrogen) atoms. The zero-order chi connectivity index (χ0) is 10.9. The van der Waals surface area contributed by atoms with E-state index in [9.17, 15) is 8.42 Å². The van der Waals surface area contributed by atoms with E-state index in [-0.39, 0.29) is 17.4 Å². The summed E-state index contributed by atoms with van der Waals surface area (Å²) in [5.41, 5.74) is 0.819. The number of sulfone groups is 1. The van der Waals surface area contributed by atoms with Crippen LogP contribution in [0.1, 0.15) is 23.8 Å². The Kier molecular flexibility index (Phi) is 2.79. The van der Waals surface area contributed by atoms with Gasteiger partial charge in [0, 0.05) is 12.5 Å². The van der Waals surface area contributed by atoms with E-state index < -0.39 is 9.84 Å². The fourth-order valence-corrected chi connectivity index (χ4v) is 3.65. The van der Waals surface area contributed by atoms with Crippen LogP contribution in [-0.2, 0) is 16.4 Å². The zero-order valence-corrected chi connectivity index (χ0v) is 9.38. The second kappa shape index (κ2) is 3.94. The van der Waals surface area contributed by atoms with Gasteiger partial charge in [0.25, 0.3) is 0 Å². The normalized spacial score (nSPS) is 24.5. The molecule has 1 unspecified atom stereocenters. The fourth-order valence-electron chi connectivity index (χ4n) is 1.91. The fraction of sp³-hybridized carbons (Fsp3) is 0.667. The maximum Gasteiger partial charge on any atom is 0.181 e. The van der Waals surface area contributed by atoms with Crippen molar-refractivity contribution in [3.05, 3.63) is 17.8 Å². The van der Waals surface area contributed by atoms with E-state index in [0.717, 1.165) is 11.5 Å². The van der Waals surface area contributed by atoms with Gasteiger partial charge in [-0.3, -0.25) is 0 Å². The summed E-state index contributed by atoms with van der Waals surface area (Å²) < 4.78 is 27.9. The first-order valence-electron chi connectivity index (χ1n) is 4.89. The quantitative estimate of drug-likeness (QED) is 0.808. The van der Waals surface area contributed by atoms with Gasteiger partial charge in [-0.15, -0.1) is 0 Å². The van der Waals surface area contributed by atoms with Crippen LogP contribution in [-0.4, -0.2) is 32.0 Å². The summed E-state index contributed by atoms with van der Waals surface area (Å²) in [5, 5.41) is 2.98. The summed E-state index contributed by atoms with van der Waals surface area (Å²) >= 11 is 0. The third kappa shape index (κ3) is 2.21. The van der Waals surface area contributed by atoms with Crippen LogP contribution in [0.4, 0.5) is 0 Å². The number of aromatic nitrogens is 1. The number of hydrogen-bond donors (Lipinski definition) is 1. The second-order valence-electron chi connectivity index (χ2n) is 3.79. The first kappa shape index (κ1) is 10.6. The van der Waals surface area contributed by atoms with Crippen LogP contribution in [0, 0.1) is 0 Å². The van der Waals surface area contributed by atoms with E-state index in [4.69, 9.17) is 4.42 Å². The van der Waals surface area contributed by atoms with Crippen molar-refractivity contribution in [1.82, 2.24) is 10.3 Å². The van der Waals surface area contributed by atoms with Gasteiger partial charge in [-0.2, -0.15) is 0 Å². The van der Waals surface area contributed by atoms with E-state index in [1.165, 1.54) is 6.39 Å². The molecule has 1 fully saturated rings. The molecule has 1 saturated heterocycles. The van der Waals surface area contributed by atoms with Crippen molar-refractivity contribution in [3.8, 4) is 0 Å². The molecule has 0 spiro atoms. The molecule has 0 saturated carbocycles. The summed E-state index contributed by atoms with van der Waals surface area (Å²) in [4.78, 5) is 4.07. The summed E-state index contributed by atoms with van der Waals surface area (Å²) in [7, 11) is -1.04. The Labute approximate surface area is 88.8 Å². The van der Waals surface area contributed by atoms with E-state index >= 15 is 0 Å². The molecule has 84 valence electrons. The van der Waals surface area contributed by atoms with Gasteiger partial charge >= 0.3 is 0 Å². The molecule has 1 aliphatic heterocycles. The lowest BCUT2D eigenvalue weighted by Gasteiger charge is -2.05. The van der Waals surface area contributed by atoms with Crippen LogP contribution in [0.15, 0.2) is 10.8 Å². The Morgan fingerprint density at radius 1 is 1.67 bits per heavy atom. The third-order valence-corrected chi connectivity index (χ3v) is 4.39. The van der Waals surface area contributed by atoms with Crippen LogP contribution < -0.4 is 5.32 Å². The Balaban J connectivity index is 2.20. The lowest BCUT2D eigenvalue weighted by Crippen LogP contribution is -2.10. The molecule has 1 aromatic heterocycles. The summed E-state index contributed by atoms with van der Waals surface area (Å²) in [6.45, 7) is 0.613. The highest BCUT2D eigenvalue weighted by Crippen LogP contribution is 2.30. The smallest absolute Gasteiger partial charge is 0.181 e. The first-order chi connectivity index (χ1) is 7.12. The molecular formula is C9H14N2O3S. The molecule has 2 heterocycles. The van der Waals surface area contributed by atoms with E-state index in [1.807, 2.05) is 7.05 Å². The lowest BCUT2D eigenvalue weighted by molar-refractivity contribution is 0.468. The average molecular weight is 230 g/mol. The molecule has 1 atom stereocenters. The van der Waals surface area contributed by atoms with E-state index in [1.54, 1.807) is 0 Å². The molecule has 0 bridgehead atoms. The third-order valence-electron chi connectivity index (χ3n) is 2.62. The summed E-state index contributed by atoms with van der Waals surface area (Å²) in [5.74, 6) is 1.17. The average Bonchev–Trinajstić information content (AvgIpc) is 2.72. The SMILES string of the molecule is CNCc1ncoc1C1CCS(=O)(=O)C1. The van der Waals surface area contributed by atoms with Gasteiger partial charge < -0.3 is 9.73 Å². The minimum Gasteiger partial charge on any atom is -0.448 e. The van der Waals surface area contributed by atoms with Gasteiger partial charge in [-0.25, -0.2) is 13.4 Å². The van der Waals surface area contributed by atoms with Gasteiger partial charge in [0.05, 0.1) is 17.2 Å². The highest BCUT2D eigenvalue weighted by atomic mass is 32.2. The maximum atomic E-state index is 11.3. The molecular weight excluding hydrogens is 216 g/mol. The van der Waals surface area contributed by atoms with Crippen molar-refractivity contribution in [2.45, 2.75) is 18.9 Å². The van der Waals surface area contributed by atoms with Crippen molar-refractivity contribution in [1.29, 1.82) is 0 Å². The van der Waals surface area contributed by atoms with Crippen LogP contribution in [0.3, 0.4) is 0 Å². The van der Waals surface area contributed by atoms with Gasteiger partial charge in [0.1, 0.15) is 5.76 Å². The van der Waals surface area contributed by atoms with Crippen LogP contribution in [0.2, 0.25) is 0 Å². The monoisotopic (exact) mass is 230 g/mol. The lowest BCUT2D eigenvalue weighted by atomic mass is 10.0. The highest BCUT2D eigenvalue weighted by Gasteiger charge is 2.32. The van der Waals surface area contributed by atoms with Crippen LogP contribution in [0.5, 0.6) is 0 Å². The van der Waals surface area contributed by atoms with Crippen molar-refractivity contribution in [2.24, 2.45) is 0 Å². The van der Waals surface area contributed by atoms with Crippen molar-refractivity contribution in [2.75, 3.05) is 18.6 Å². The predicted molar refractivity (Wildman–Crippen MR) is 55.3 cm³/mol. The van der Waals surface area contributed by atoms with Gasteiger partial charge in [-0.1, -0.05) is 0 Å². The Bertz CT molecular complexity index is 438. The summed E-state index contributed by atoms with van der Waals surface area (Å²) in [6, 6.07) is 0. The van der Waals surface area contributed by atoms with E-state index in [2.05, 4.69) is 10.3 Å². The van der Waals surface area contributed by atoms with Crippen LogP contribution in [0.25, 0.3) is 0 Å². The molecule has 5 nitrogen and oxygen atoms in total. The van der Waals surface area contributed by atoms with Gasteiger partial charge in [-0.05, 0) is 13.5 Å². The Hall–Kier alpha value is -0.880. The standard InChI is InChI=1S/C9H14N2O3S/c1-10-4-8-9(14-6-11-8)7-2-3-15(12,13)5-7/h6-7,10H,2-5H2,1H3. The number of nitrogens with one attached hydrogen (secondary N) is 1. The van der Waals surface area contributed by atoms with Crippen molar-refractivity contribution in [3.63, 3.8) is 0 Å². The molecule has 0 aliphatic carbocycles. The molecule has 2 rings (SSSR count). The molecule has 1 N–H and O–H groups in total. The maximum absolute atomic E-state index is 11.3. The second-order valence-corrected chi connectivity index (χ2v) is 6.02. The first-order valence-corrected chi connectivity index (χ1v) is 6.72. The number of rotatable bonds is 3. The van der Waals surface area contributed by atoms with E-state index in [0.29, 0.717) is 13.0 Å². The topological polar surface area (TPSA) is 72.2 Å². The Morgan fingerprint density at radius 3 is 3.07 bits per heavy atom. The minimum absolute atomic E-state index is 0.0131. The number of hydrogen-bond acceptors (Lipinski definition) is 5. The Morgan fingerprint density at radius 2 is 2.47 bits per heavy atom. The molecule has 0 radical (unpaired) electrons. The number of oxazole rings is 1.